The van der Waals surface area contributed by atoms with Gasteiger partial charge in [-0.25, -0.2) is 12.8 Å². The average Bonchev–Trinajstić information content (AvgIpc) is 2.36. The molecule has 8 heteroatoms. The monoisotopic (exact) mass is 392 g/mol. The minimum absolute atomic E-state index is 0.0368. The highest BCUT2D eigenvalue weighted by Crippen LogP contribution is 2.34. The maximum Gasteiger partial charge on any atom is 0.262 e. The molecule has 0 heterocycles. The molecule has 0 fully saturated rings. The van der Waals surface area contributed by atoms with Gasteiger partial charge in [0.15, 0.2) is 0 Å². The number of benzene rings is 2. The van der Waals surface area contributed by atoms with Crippen molar-refractivity contribution in [3.63, 3.8) is 0 Å². The van der Waals surface area contributed by atoms with E-state index in [1.54, 1.807) is 19.1 Å². The van der Waals surface area contributed by atoms with Gasteiger partial charge in [0.1, 0.15) is 5.82 Å². The Hall–Kier alpha value is -1.31. The number of nitrogens with two attached hydrogens (primary N) is 1. The minimum atomic E-state index is -3.89. The van der Waals surface area contributed by atoms with E-state index >= 15 is 0 Å². The topological polar surface area (TPSA) is 72.2 Å². The molecule has 0 aliphatic rings. The number of halogens is 3. The van der Waals surface area contributed by atoms with Gasteiger partial charge in [0, 0.05) is 10.2 Å². The lowest BCUT2D eigenvalue weighted by Gasteiger charge is -2.13. The molecule has 0 saturated carbocycles. The van der Waals surface area contributed by atoms with E-state index in [4.69, 9.17) is 17.3 Å². The van der Waals surface area contributed by atoms with Crippen LogP contribution in [0.5, 0.6) is 0 Å². The van der Waals surface area contributed by atoms with E-state index in [-0.39, 0.29) is 20.1 Å². The maximum atomic E-state index is 13.2. The summed E-state index contributed by atoms with van der Waals surface area (Å²) in [5.41, 5.74) is 6.55. The first-order valence-electron chi connectivity index (χ1n) is 5.74. The summed E-state index contributed by atoms with van der Waals surface area (Å²) in [6.07, 6.45) is 0. The number of sulfonamides is 1. The van der Waals surface area contributed by atoms with Crippen LogP contribution in [0.15, 0.2) is 39.7 Å². The van der Waals surface area contributed by atoms with Gasteiger partial charge in [-0.05, 0) is 52.7 Å². The molecule has 2 rings (SSSR count). The average molecular weight is 394 g/mol. The fourth-order valence-corrected chi connectivity index (χ4v) is 4.20. The molecule has 0 unspecified atom stereocenters. The molecular weight excluding hydrogens is 383 g/mol. The summed E-state index contributed by atoms with van der Waals surface area (Å²) in [5, 5.41) is -0.0491. The fourth-order valence-electron chi connectivity index (χ4n) is 1.74. The second-order valence-corrected chi connectivity index (χ2v) is 7.29. The largest absolute Gasteiger partial charge is 0.399 e. The summed E-state index contributed by atoms with van der Waals surface area (Å²) in [5.74, 6) is -0.574. The smallest absolute Gasteiger partial charge is 0.262 e. The third-order valence-electron chi connectivity index (χ3n) is 2.75. The standard InChI is InChI=1S/C13H11BrClFN2O2S/c1-7-2-3-9(17)6-12(7)21(19,20)18-13-10(14)4-8(16)5-11(13)15/h2-6,18H,17H2,1H3. The van der Waals surface area contributed by atoms with E-state index in [2.05, 4.69) is 20.7 Å². The van der Waals surface area contributed by atoms with Gasteiger partial charge in [0.05, 0.1) is 15.6 Å². The molecule has 0 aromatic heterocycles. The lowest BCUT2D eigenvalue weighted by molar-refractivity contribution is 0.600. The molecule has 112 valence electrons. The van der Waals surface area contributed by atoms with E-state index in [1.165, 1.54) is 6.07 Å². The summed E-state index contributed by atoms with van der Waals surface area (Å²) in [6.45, 7) is 1.65. The van der Waals surface area contributed by atoms with Crippen molar-refractivity contribution >= 4 is 48.9 Å². The van der Waals surface area contributed by atoms with Crippen molar-refractivity contribution in [1.82, 2.24) is 0 Å². The molecule has 0 radical (unpaired) electrons. The Balaban J connectivity index is 2.50. The number of nitrogens with one attached hydrogen (secondary N) is 1. The summed E-state index contributed by atoms with van der Waals surface area (Å²) in [6, 6.07) is 6.70. The molecule has 0 saturated heterocycles. The molecule has 0 aliphatic carbocycles. The quantitative estimate of drug-likeness (QED) is 0.776. The molecule has 0 aliphatic heterocycles. The van der Waals surface area contributed by atoms with Crippen molar-refractivity contribution in [2.45, 2.75) is 11.8 Å². The predicted molar refractivity (Wildman–Crippen MR) is 85.5 cm³/mol. The summed E-state index contributed by atoms with van der Waals surface area (Å²) in [7, 11) is -3.89. The second-order valence-electron chi connectivity index (χ2n) is 4.37. The van der Waals surface area contributed by atoms with E-state index in [9.17, 15) is 12.8 Å². The number of anilines is 2. The molecule has 2 aromatic rings. The number of rotatable bonds is 3. The van der Waals surface area contributed by atoms with Crippen LogP contribution in [0.1, 0.15) is 5.56 Å². The van der Waals surface area contributed by atoms with Crippen molar-refractivity contribution in [3.05, 3.63) is 51.2 Å². The number of hydrogen-bond acceptors (Lipinski definition) is 3. The lowest BCUT2D eigenvalue weighted by Crippen LogP contribution is -2.15. The van der Waals surface area contributed by atoms with Gasteiger partial charge in [0.25, 0.3) is 10.0 Å². The van der Waals surface area contributed by atoms with Crippen LogP contribution < -0.4 is 10.5 Å². The van der Waals surface area contributed by atoms with E-state index in [1.807, 2.05) is 0 Å². The van der Waals surface area contributed by atoms with E-state index in [0.717, 1.165) is 12.1 Å². The van der Waals surface area contributed by atoms with Gasteiger partial charge < -0.3 is 5.73 Å². The maximum absolute atomic E-state index is 13.2. The number of hydrogen-bond donors (Lipinski definition) is 2. The van der Waals surface area contributed by atoms with Crippen LogP contribution in [0.25, 0.3) is 0 Å². The van der Waals surface area contributed by atoms with Crippen LogP contribution in [-0.2, 0) is 10.0 Å². The lowest BCUT2D eigenvalue weighted by atomic mass is 10.2. The van der Waals surface area contributed by atoms with Crippen molar-refractivity contribution in [3.8, 4) is 0 Å². The highest BCUT2D eigenvalue weighted by Gasteiger charge is 2.20. The zero-order valence-corrected chi connectivity index (χ0v) is 14.0. The van der Waals surface area contributed by atoms with Crippen molar-refractivity contribution in [2.24, 2.45) is 0 Å². The van der Waals surface area contributed by atoms with Gasteiger partial charge in [-0.15, -0.1) is 0 Å². The Kier molecular flexibility index (Phi) is 4.46. The van der Waals surface area contributed by atoms with Gasteiger partial charge in [-0.3, -0.25) is 4.72 Å². The molecule has 0 bridgehead atoms. The third-order valence-corrected chi connectivity index (χ3v) is 5.16. The molecule has 21 heavy (non-hydrogen) atoms. The summed E-state index contributed by atoms with van der Waals surface area (Å²) >= 11 is 8.96. The van der Waals surface area contributed by atoms with Crippen molar-refractivity contribution in [2.75, 3.05) is 10.5 Å². The summed E-state index contributed by atoms with van der Waals surface area (Å²) in [4.78, 5) is 0.0368. The Bertz CT molecular complexity index is 789. The van der Waals surface area contributed by atoms with Gasteiger partial charge >= 0.3 is 0 Å². The second kappa shape index (κ2) is 5.82. The fraction of sp³-hybridized carbons (Fsp3) is 0.0769. The highest BCUT2D eigenvalue weighted by molar-refractivity contribution is 9.10. The first kappa shape index (κ1) is 16.1. The minimum Gasteiger partial charge on any atom is -0.399 e. The van der Waals surface area contributed by atoms with Crippen LogP contribution in [0.3, 0.4) is 0 Å². The zero-order valence-electron chi connectivity index (χ0n) is 10.8. The van der Waals surface area contributed by atoms with Crippen LogP contribution in [0.2, 0.25) is 5.02 Å². The van der Waals surface area contributed by atoms with Gasteiger partial charge in [-0.2, -0.15) is 0 Å². The highest BCUT2D eigenvalue weighted by atomic mass is 79.9. The number of aryl methyl sites for hydroxylation is 1. The van der Waals surface area contributed by atoms with E-state index in [0.29, 0.717) is 11.3 Å². The first-order valence-corrected chi connectivity index (χ1v) is 8.39. The SMILES string of the molecule is Cc1ccc(N)cc1S(=O)(=O)Nc1c(Cl)cc(F)cc1Br. The number of nitrogen functional groups attached to an aromatic ring is 1. The Labute approximate surface area is 135 Å². The molecule has 3 N–H and O–H groups in total. The molecule has 2 aromatic carbocycles. The molecule has 0 atom stereocenters. The van der Waals surface area contributed by atoms with Crippen molar-refractivity contribution in [1.29, 1.82) is 0 Å². The first-order chi connectivity index (χ1) is 9.70. The Morgan fingerprint density at radius 1 is 1.29 bits per heavy atom. The van der Waals surface area contributed by atoms with Gasteiger partial charge in [0.2, 0.25) is 0 Å². The zero-order chi connectivity index (χ0) is 15.8. The molecular formula is C13H11BrClFN2O2S. The predicted octanol–water partition coefficient (Wildman–Crippen LogP) is 3.93. The van der Waals surface area contributed by atoms with Crippen LogP contribution in [0.4, 0.5) is 15.8 Å². The van der Waals surface area contributed by atoms with Crippen molar-refractivity contribution < 1.29 is 12.8 Å². The van der Waals surface area contributed by atoms with Crippen LogP contribution in [-0.4, -0.2) is 8.42 Å². The van der Waals surface area contributed by atoms with E-state index < -0.39 is 15.8 Å². The third kappa shape index (κ3) is 3.48. The Morgan fingerprint density at radius 3 is 2.57 bits per heavy atom. The normalized spacial score (nSPS) is 11.4. The molecule has 0 spiro atoms. The Morgan fingerprint density at radius 2 is 1.95 bits per heavy atom. The van der Waals surface area contributed by atoms with Gasteiger partial charge in [-0.1, -0.05) is 17.7 Å². The molecule has 4 nitrogen and oxygen atoms in total. The van der Waals surface area contributed by atoms with Crippen LogP contribution >= 0.6 is 27.5 Å². The summed E-state index contributed by atoms with van der Waals surface area (Å²) < 4.78 is 40.6. The molecule has 0 amide bonds. The van der Waals surface area contributed by atoms with Crippen LogP contribution in [0, 0.1) is 12.7 Å².